The smallest absolute Gasteiger partial charge is 0.256 e. The first-order chi connectivity index (χ1) is 13.6. The summed E-state index contributed by atoms with van der Waals surface area (Å²) in [5.74, 6) is 2.24. The van der Waals surface area contributed by atoms with Crippen molar-refractivity contribution in [2.24, 2.45) is 0 Å². The van der Waals surface area contributed by atoms with E-state index >= 15 is 0 Å². The maximum atomic E-state index is 12.9. The van der Waals surface area contributed by atoms with Crippen LogP contribution in [0, 0.1) is 6.92 Å². The number of ether oxygens (including phenoxy) is 2. The first-order valence-corrected chi connectivity index (χ1v) is 10.3. The number of rotatable bonds is 3. The lowest BCUT2D eigenvalue weighted by molar-refractivity contribution is 0.102. The Hall–Kier alpha value is -3.13. The third kappa shape index (κ3) is 2.77. The molecule has 7 nitrogen and oxygen atoms in total. The molecule has 3 aromatic rings. The van der Waals surface area contributed by atoms with Gasteiger partial charge in [-0.1, -0.05) is 18.2 Å². The summed E-state index contributed by atoms with van der Waals surface area (Å²) in [7, 11) is -0.991. The van der Waals surface area contributed by atoms with Gasteiger partial charge in [-0.25, -0.2) is 4.68 Å². The fraction of sp³-hybridized carbons (Fsp3) is 0.200. The van der Waals surface area contributed by atoms with E-state index in [2.05, 4.69) is 10.4 Å². The van der Waals surface area contributed by atoms with Crippen LogP contribution in [-0.4, -0.2) is 26.7 Å². The number of nitrogens with zero attached hydrogens (tertiary/aromatic N) is 2. The zero-order valence-electron chi connectivity index (χ0n) is 15.1. The van der Waals surface area contributed by atoms with Crippen molar-refractivity contribution in [3.8, 4) is 17.2 Å². The van der Waals surface area contributed by atoms with Crippen molar-refractivity contribution in [1.29, 1.82) is 0 Å². The summed E-state index contributed by atoms with van der Waals surface area (Å²) in [5, 5.41) is 7.62. The van der Waals surface area contributed by atoms with Crippen LogP contribution in [0.2, 0.25) is 0 Å². The van der Waals surface area contributed by atoms with E-state index in [1.54, 1.807) is 22.9 Å². The average molecular weight is 395 g/mol. The minimum absolute atomic E-state index is 0.153. The molecule has 28 heavy (non-hydrogen) atoms. The third-order valence-corrected chi connectivity index (χ3v) is 6.09. The molecule has 0 unspecified atom stereocenters. The van der Waals surface area contributed by atoms with Gasteiger partial charge in [0.1, 0.15) is 5.82 Å². The zero-order chi connectivity index (χ0) is 19.3. The van der Waals surface area contributed by atoms with Gasteiger partial charge in [0.05, 0.1) is 22.9 Å². The van der Waals surface area contributed by atoms with E-state index in [9.17, 15) is 9.00 Å². The number of aromatic nitrogens is 2. The molecule has 1 N–H and O–H groups in total. The molecule has 0 fully saturated rings. The van der Waals surface area contributed by atoms with Gasteiger partial charge in [-0.2, -0.15) is 5.10 Å². The highest BCUT2D eigenvalue weighted by atomic mass is 32.2. The zero-order valence-corrected chi connectivity index (χ0v) is 15.9. The van der Waals surface area contributed by atoms with Gasteiger partial charge < -0.3 is 14.8 Å². The highest BCUT2D eigenvalue weighted by molar-refractivity contribution is 7.83. The SMILES string of the molecule is Cc1ccccc1-n1nc2c(c1NC(=O)c1ccc3c(c1)OCO3)C[S@@](=O)C2. The Bertz CT molecular complexity index is 1140. The molecule has 0 saturated heterocycles. The molecule has 1 aromatic heterocycles. The molecule has 0 aliphatic carbocycles. The normalized spacial score (nSPS) is 16.8. The molecule has 1 amide bonds. The number of hydrogen-bond donors (Lipinski definition) is 1. The maximum Gasteiger partial charge on any atom is 0.256 e. The van der Waals surface area contributed by atoms with E-state index in [-0.39, 0.29) is 12.7 Å². The van der Waals surface area contributed by atoms with Crippen LogP contribution in [-0.2, 0) is 22.3 Å². The number of aryl methyl sites for hydroxylation is 1. The first kappa shape index (κ1) is 17.0. The Morgan fingerprint density at radius 1 is 1.14 bits per heavy atom. The van der Waals surface area contributed by atoms with E-state index < -0.39 is 10.8 Å². The second-order valence-electron chi connectivity index (χ2n) is 6.72. The summed E-state index contributed by atoms with van der Waals surface area (Å²) in [6, 6.07) is 12.9. The molecule has 142 valence electrons. The number of hydrogen-bond acceptors (Lipinski definition) is 5. The van der Waals surface area contributed by atoms with E-state index in [0.717, 1.165) is 22.5 Å². The fourth-order valence-electron chi connectivity index (χ4n) is 3.45. The van der Waals surface area contributed by atoms with Crippen LogP contribution in [0.5, 0.6) is 11.5 Å². The lowest BCUT2D eigenvalue weighted by Crippen LogP contribution is -2.17. The molecule has 0 saturated carbocycles. The number of benzene rings is 2. The molecule has 2 aromatic carbocycles. The topological polar surface area (TPSA) is 82.5 Å². The molecular weight excluding hydrogens is 378 g/mol. The van der Waals surface area contributed by atoms with Crippen molar-refractivity contribution in [3.05, 3.63) is 64.8 Å². The average Bonchev–Trinajstić information content (AvgIpc) is 3.37. The van der Waals surface area contributed by atoms with E-state index in [1.807, 2.05) is 31.2 Å². The van der Waals surface area contributed by atoms with Crippen LogP contribution in [0.25, 0.3) is 5.69 Å². The number of carbonyl (C=O) groups is 1. The van der Waals surface area contributed by atoms with Crippen LogP contribution in [0.15, 0.2) is 42.5 Å². The molecule has 1 atom stereocenters. The predicted molar refractivity (Wildman–Crippen MR) is 104 cm³/mol. The Balaban J connectivity index is 1.55. The van der Waals surface area contributed by atoms with Crippen LogP contribution < -0.4 is 14.8 Å². The third-order valence-electron chi connectivity index (χ3n) is 4.88. The number of carbonyl (C=O) groups excluding carboxylic acids is 1. The highest BCUT2D eigenvalue weighted by Crippen LogP contribution is 2.34. The van der Waals surface area contributed by atoms with Crippen LogP contribution in [0.3, 0.4) is 0 Å². The maximum absolute atomic E-state index is 12.9. The van der Waals surface area contributed by atoms with Gasteiger partial charge in [-0.15, -0.1) is 0 Å². The largest absolute Gasteiger partial charge is 0.454 e. The van der Waals surface area contributed by atoms with Crippen molar-refractivity contribution in [3.63, 3.8) is 0 Å². The molecule has 8 heteroatoms. The summed E-state index contributed by atoms with van der Waals surface area (Å²) in [6.45, 7) is 2.14. The van der Waals surface area contributed by atoms with Crippen molar-refractivity contribution < 1.29 is 18.5 Å². The Morgan fingerprint density at radius 3 is 2.82 bits per heavy atom. The second kappa shape index (κ2) is 6.49. The summed E-state index contributed by atoms with van der Waals surface area (Å²) >= 11 is 0. The fourth-order valence-corrected chi connectivity index (χ4v) is 4.71. The summed E-state index contributed by atoms with van der Waals surface area (Å²) in [4.78, 5) is 12.9. The van der Waals surface area contributed by atoms with Crippen molar-refractivity contribution >= 4 is 22.5 Å². The van der Waals surface area contributed by atoms with Gasteiger partial charge >= 0.3 is 0 Å². The number of nitrogens with one attached hydrogen (secondary N) is 1. The van der Waals surface area contributed by atoms with Gasteiger partial charge in [-0.3, -0.25) is 9.00 Å². The molecular formula is C20H17N3O4S. The molecule has 2 aliphatic rings. The second-order valence-corrected chi connectivity index (χ2v) is 8.18. The molecule has 0 radical (unpaired) electrons. The standard InChI is InChI=1S/C20H17N3O4S/c1-12-4-2-3-5-16(12)23-19(14-9-28(25)10-15(14)22-23)21-20(24)13-6-7-17-18(8-13)27-11-26-17/h2-8H,9-11H2,1H3,(H,21,24)/t28-/m1/s1. The molecule has 0 bridgehead atoms. The number of fused-ring (bicyclic) bond motifs is 2. The van der Waals surface area contributed by atoms with Crippen LogP contribution in [0.1, 0.15) is 27.2 Å². The molecule has 3 heterocycles. The molecule has 0 spiro atoms. The Kier molecular flexibility index (Phi) is 3.94. The predicted octanol–water partition coefficient (Wildman–Crippen LogP) is 2.92. The Labute approximate surface area is 163 Å². The summed E-state index contributed by atoms with van der Waals surface area (Å²) in [6.07, 6.45) is 0. The van der Waals surface area contributed by atoms with Gasteiger partial charge in [-0.05, 0) is 36.8 Å². The molecule has 2 aliphatic heterocycles. The minimum atomic E-state index is -0.991. The number of para-hydroxylation sites is 1. The quantitative estimate of drug-likeness (QED) is 0.737. The van der Waals surface area contributed by atoms with Gasteiger partial charge in [0.25, 0.3) is 5.91 Å². The van der Waals surface area contributed by atoms with Crippen molar-refractivity contribution in [2.45, 2.75) is 18.4 Å². The number of anilines is 1. The van der Waals surface area contributed by atoms with Gasteiger partial charge in [0.2, 0.25) is 6.79 Å². The Morgan fingerprint density at radius 2 is 1.96 bits per heavy atom. The van der Waals surface area contributed by atoms with Crippen LogP contribution in [0.4, 0.5) is 5.82 Å². The van der Waals surface area contributed by atoms with Crippen molar-refractivity contribution in [1.82, 2.24) is 9.78 Å². The van der Waals surface area contributed by atoms with Gasteiger partial charge in [0.15, 0.2) is 11.5 Å². The van der Waals surface area contributed by atoms with E-state index in [1.165, 1.54) is 0 Å². The van der Waals surface area contributed by atoms with Crippen molar-refractivity contribution in [2.75, 3.05) is 12.1 Å². The molecule has 5 rings (SSSR count). The lowest BCUT2D eigenvalue weighted by atomic mass is 10.1. The lowest BCUT2D eigenvalue weighted by Gasteiger charge is -2.13. The summed E-state index contributed by atoms with van der Waals surface area (Å²) < 4.78 is 24.4. The highest BCUT2D eigenvalue weighted by Gasteiger charge is 2.29. The first-order valence-electron chi connectivity index (χ1n) is 8.83. The minimum Gasteiger partial charge on any atom is -0.454 e. The van der Waals surface area contributed by atoms with E-state index in [4.69, 9.17) is 9.47 Å². The number of amides is 1. The monoisotopic (exact) mass is 395 g/mol. The van der Waals surface area contributed by atoms with Crippen LogP contribution >= 0.6 is 0 Å². The summed E-state index contributed by atoms with van der Waals surface area (Å²) in [5.41, 5.74) is 3.96. The van der Waals surface area contributed by atoms with E-state index in [0.29, 0.717) is 34.4 Å². The van der Waals surface area contributed by atoms with Gasteiger partial charge in [0, 0.05) is 21.9 Å².